The Kier molecular flexibility index (Phi) is 5.41. The standard InChI is InChI=1S/C20H22N2O4/c1-25-17-11-5-9-15(20(21)24)19(17)26-12-18(23)22-16-10-4-7-13-6-2-3-8-14(13)16/h2-3,5-6,8-9,11,16H,4,7,10,12H2,1H3,(H2,21,24)(H,22,23)/t16-/m0/s1. The Bertz CT molecular complexity index is 819. The molecule has 6 heteroatoms. The number of hydrogen-bond acceptors (Lipinski definition) is 4. The molecule has 136 valence electrons. The van der Waals surface area contributed by atoms with Gasteiger partial charge in [-0.25, -0.2) is 0 Å². The second-order valence-electron chi connectivity index (χ2n) is 6.20. The zero-order chi connectivity index (χ0) is 18.5. The van der Waals surface area contributed by atoms with Crippen LogP contribution in [0.3, 0.4) is 0 Å². The average Bonchev–Trinajstić information content (AvgIpc) is 2.66. The van der Waals surface area contributed by atoms with Crippen molar-refractivity contribution in [3.8, 4) is 11.5 Å². The molecule has 2 aromatic rings. The number of benzene rings is 2. The van der Waals surface area contributed by atoms with E-state index in [2.05, 4.69) is 11.4 Å². The van der Waals surface area contributed by atoms with E-state index in [1.165, 1.54) is 18.7 Å². The molecule has 1 aliphatic carbocycles. The summed E-state index contributed by atoms with van der Waals surface area (Å²) in [4.78, 5) is 24.0. The van der Waals surface area contributed by atoms with Gasteiger partial charge in [-0.05, 0) is 42.5 Å². The first kappa shape index (κ1) is 17.8. The molecule has 1 aliphatic rings. The van der Waals surface area contributed by atoms with Crippen LogP contribution >= 0.6 is 0 Å². The number of amides is 2. The Morgan fingerprint density at radius 1 is 1.19 bits per heavy atom. The van der Waals surface area contributed by atoms with Crippen molar-refractivity contribution in [3.05, 3.63) is 59.2 Å². The van der Waals surface area contributed by atoms with Crippen LogP contribution in [0.4, 0.5) is 0 Å². The smallest absolute Gasteiger partial charge is 0.258 e. The van der Waals surface area contributed by atoms with E-state index in [1.807, 2.05) is 18.2 Å². The van der Waals surface area contributed by atoms with E-state index < -0.39 is 5.91 Å². The molecule has 0 unspecified atom stereocenters. The largest absolute Gasteiger partial charge is 0.493 e. The van der Waals surface area contributed by atoms with Crippen molar-refractivity contribution in [2.24, 2.45) is 5.73 Å². The van der Waals surface area contributed by atoms with E-state index >= 15 is 0 Å². The Labute approximate surface area is 152 Å². The summed E-state index contributed by atoms with van der Waals surface area (Å²) in [6.45, 7) is -0.223. The minimum Gasteiger partial charge on any atom is -0.493 e. The van der Waals surface area contributed by atoms with Crippen LogP contribution in [0.5, 0.6) is 11.5 Å². The normalized spacial score (nSPS) is 15.7. The van der Waals surface area contributed by atoms with Crippen LogP contribution in [0.2, 0.25) is 0 Å². The third-order valence-electron chi connectivity index (χ3n) is 4.52. The summed E-state index contributed by atoms with van der Waals surface area (Å²) in [7, 11) is 1.46. The lowest BCUT2D eigenvalue weighted by atomic mass is 9.88. The topological polar surface area (TPSA) is 90.7 Å². The number of nitrogens with one attached hydrogen (secondary N) is 1. The molecule has 0 saturated heterocycles. The predicted octanol–water partition coefficient (Wildman–Crippen LogP) is 2.37. The molecule has 0 spiro atoms. The first-order chi connectivity index (χ1) is 12.6. The van der Waals surface area contributed by atoms with Crippen LogP contribution in [0, 0.1) is 0 Å². The van der Waals surface area contributed by atoms with Crippen molar-refractivity contribution in [1.29, 1.82) is 0 Å². The van der Waals surface area contributed by atoms with E-state index in [9.17, 15) is 9.59 Å². The van der Waals surface area contributed by atoms with E-state index in [1.54, 1.807) is 12.1 Å². The van der Waals surface area contributed by atoms with Crippen LogP contribution in [0.15, 0.2) is 42.5 Å². The Hall–Kier alpha value is -3.02. The summed E-state index contributed by atoms with van der Waals surface area (Å²) in [6.07, 6.45) is 2.95. The fourth-order valence-electron chi connectivity index (χ4n) is 3.30. The van der Waals surface area contributed by atoms with Gasteiger partial charge in [-0.15, -0.1) is 0 Å². The van der Waals surface area contributed by atoms with Gasteiger partial charge in [-0.1, -0.05) is 30.3 Å². The molecular weight excluding hydrogens is 332 g/mol. The molecule has 26 heavy (non-hydrogen) atoms. The molecule has 2 aromatic carbocycles. The highest BCUT2D eigenvalue weighted by molar-refractivity contribution is 5.96. The van der Waals surface area contributed by atoms with Gasteiger partial charge in [-0.2, -0.15) is 0 Å². The van der Waals surface area contributed by atoms with Crippen molar-refractivity contribution in [2.75, 3.05) is 13.7 Å². The summed E-state index contributed by atoms with van der Waals surface area (Å²) >= 11 is 0. The highest BCUT2D eigenvalue weighted by Gasteiger charge is 2.22. The first-order valence-corrected chi connectivity index (χ1v) is 8.57. The van der Waals surface area contributed by atoms with Crippen molar-refractivity contribution >= 4 is 11.8 Å². The fourth-order valence-corrected chi connectivity index (χ4v) is 3.30. The minimum atomic E-state index is -0.638. The molecule has 0 radical (unpaired) electrons. The van der Waals surface area contributed by atoms with E-state index in [0.717, 1.165) is 24.8 Å². The summed E-state index contributed by atoms with van der Waals surface area (Å²) in [5.74, 6) is -0.354. The Morgan fingerprint density at radius 2 is 2.00 bits per heavy atom. The number of para-hydroxylation sites is 1. The fraction of sp³-hybridized carbons (Fsp3) is 0.300. The van der Waals surface area contributed by atoms with E-state index in [0.29, 0.717) is 5.75 Å². The molecule has 3 rings (SSSR count). The van der Waals surface area contributed by atoms with Crippen molar-refractivity contribution in [1.82, 2.24) is 5.32 Å². The molecule has 2 amide bonds. The molecule has 3 N–H and O–H groups in total. The zero-order valence-corrected chi connectivity index (χ0v) is 14.7. The van der Waals surface area contributed by atoms with E-state index in [-0.39, 0.29) is 29.9 Å². The van der Waals surface area contributed by atoms with Gasteiger partial charge in [0.2, 0.25) is 0 Å². The Balaban J connectivity index is 1.68. The number of nitrogens with two attached hydrogens (primary N) is 1. The third-order valence-corrected chi connectivity index (χ3v) is 4.52. The Morgan fingerprint density at radius 3 is 2.77 bits per heavy atom. The van der Waals surface area contributed by atoms with Crippen LogP contribution in [0.1, 0.15) is 40.4 Å². The lowest BCUT2D eigenvalue weighted by Gasteiger charge is -2.26. The maximum Gasteiger partial charge on any atom is 0.258 e. The van der Waals surface area contributed by atoms with Gasteiger partial charge >= 0.3 is 0 Å². The zero-order valence-electron chi connectivity index (χ0n) is 14.7. The lowest BCUT2D eigenvalue weighted by Crippen LogP contribution is -2.34. The van der Waals surface area contributed by atoms with Gasteiger partial charge < -0.3 is 20.5 Å². The summed E-state index contributed by atoms with van der Waals surface area (Å²) in [6, 6.07) is 12.9. The average molecular weight is 354 g/mol. The van der Waals surface area contributed by atoms with Gasteiger partial charge in [0.05, 0.1) is 18.7 Å². The second-order valence-corrected chi connectivity index (χ2v) is 6.20. The summed E-state index contributed by atoms with van der Waals surface area (Å²) < 4.78 is 10.8. The summed E-state index contributed by atoms with van der Waals surface area (Å²) in [5.41, 5.74) is 7.98. The van der Waals surface area contributed by atoms with Crippen molar-refractivity contribution in [2.45, 2.75) is 25.3 Å². The van der Waals surface area contributed by atoms with Gasteiger partial charge in [0.15, 0.2) is 18.1 Å². The van der Waals surface area contributed by atoms with Gasteiger partial charge in [-0.3, -0.25) is 9.59 Å². The molecule has 0 bridgehead atoms. The molecule has 0 fully saturated rings. The SMILES string of the molecule is COc1cccc(C(N)=O)c1OCC(=O)N[C@H]1CCCc2ccccc21. The number of aryl methyl sites for hydroxylation is 1. The van der Waals surface area contributed by atoms with Crippen LogP contribution in [-0.4, -0.2) is 25.5 Å². The quantitative estimate of drug-likeness (QED) is 0.833. The van der Waals surface area contributed by atoms with Crippen molar-refractivity contribution < 1.29 is 19.1 Å². The number of ether oxygens (including phenoxy) is 2. The molecule has 1 atom stereocenters. The van der Waals surface area contributed by atoms with Gasteiger partial charge in [0.1, 0.15) is 0 Å². The van der Waals surface area contributed by atoms with Crippen LogP contribution in [0.25, 0.3) is 0 Å². The molecule has 0 aliphatic heterocycles. The molecule has 0 aromatic heterocycles. The van der Waals surface area contributed by atoms with Gasteiger partial charge in [0.25, 0.3) is 11.8 Å². The highest BCUT2D eigenvalue weighted by Crippen LogP contribution is 2.31. The predicted molar refractivity (Wildman–Crippen MR) is 97.3 cm³/mol. The number of rotatable bonds is 6. The number of carbonyl (C=O) groups excluding carboxylic acids is 2. The molecule has 6 nitrogen and oxygen atoms in total. The number of fused-ring (bicyclic) bond motifs is 1. The monoisotopic (exact) mass is 354 g/mol. The summed E-state index contributed by atoms with van der Waals surface area (Å²) in [5, 5.41) is 3.01. The number of primary amides is 1. The van der Waals surface area contributed by atoms with Crippen LogP contribution in [-0.2, 0) is 11.2 Å². The number of methoxy groups -OCH3 is 1. The molecular formula is C20H22N2O4. The minimum absolute atomic E-state index is 0.0238. The lowest BCUT2D eigenvalue weighted by molar-refractivity contribution is -0.124. The molecule has 0 saturated carbocycles. The third kappa shape index (κ3) is 3.79. The number of hydrogen-bond donors (Lipinski definition) is 2. The van der Waals surface area contributed by atoms with Gasteiger partial charge in [0, 0.05) is 0 Å². The first-order valence-electron chi connectivity index (χ1n) is 8.57. The second kappa shape index (κ2) is 7.91. The van der Waals surface area contributed by atoms with Crippen LogP contribution < -0.4 is 20.5 Å². The highest BCUT2D eigenvalue weighted by atomic mass is 16.5. The molecule has 0 heterocycles. The number of carbonyl (C=O) groups is 2. The maximum absolute atomic E-state index is 12.4. The van der Waals surface area contributed by atoms with E-state index in [4.69, 9.17) is 15.2 Å². The van der Waals surface area contributed by atoms with Crippen molar-refractivity contribution in [3.63, 3.8) is 0 Å². The maximum atomic E-state index is 12.4.